The molecule has 102 valence electrons. The van der Waals surface area contributed by atoms with Crippen LogP contribution in [-0.2, 0) is 9.53 Å². The molecule has 0 bridgehead atoms. The van der Waals surface area contributed by atoms with E-state index in [1.807, 2.05) is 0 Å². The highest BCUT2D eigenvalue weighted by Crippen LogP contribution is 2.24. The number of amides is 1. The first kappa shape index (κ1) is 13.4. The second kappa shape index (κ2) is 5.33. The molecule has 19 heavy (non-hydrogen) atoms. The van der Waals surface area contributed by atoms with Crippen molar-refractivity contribution >= 4 is 28.2 Å². The summed E-state index contributed by atoms with van der Waals surface area (Å²) in [6, 6.07) is 1.19. The van der Waals surface area contributed by atoms with Crippen molar-refractivity contribution in [2.45, 2.75) is 6.10 Å². The average molecular weight is 286 g/mol. The summed E-state index contributed by atoms with van der Waals surface area (Å²) in [4.78, 5) is 34.2. The molecule has 1 unspecified atom stereocenters. The lowest BCUT2D eigenvalue weighted by molar-refractivity contribution is -0.380. The molecule has 0 radical (unpaired) electrons. The summed E-state index contributed by atoms with van der Waals surface area (Å²) in [5, 5.41) is 20.7. The number of rotatable bonds is 3. The van der Waals surface area contributed by atoms with Crippen LogP contribution in [0.2, 0.25) is 0 Å². The van der Waals surface area contributed by atoms with E-state index in [0.29, 0.717) is 0 Å². The summed E-state index contributed by atoms with van der Waals surface area (Å²) in [7, 11) is 0. The Bertz CT molecular complexity index is 528. The van der Waals surface area contributed by atoms with Crippen LogP contribution >= 0.6 is 11.3 Å². The number of nitrogens with zero attached hydrogens (tertiary/aromatic N) is 2. The van der Waals surface area contributed by atoms with Gasteiger partial charge in [-0.15, -0.1) is 0 Å². The number of nitro groups is 1. The first-order chi connectivity index (χ1) is 8.99. The van der Waals surface area contributed by atoms with Crippen molar-refractivity contribution in [3.63, 3.8) is 0 Å². The molecule has 1 amide bonds. The maximum Gasteiger partial charge on any atom is 0.334 e. The van der Waals surface area contributed by atoms with Crippen molar-refractivity contribution in [2.24, 2.45) is 0 Å². The fourth-order valence-electron chi connectivity index (χ4n) is 1.70. The number of aliphatic carboxylic acids is 1. The minimum absolute atomic E-state index is 0.0577. The Morgan fingerprint density at radius 3 is 2.89 bits per heavy atom. The molecule has 0 aromatic carbocycles. The largest absolute Gasteiger partial charge is 0.479 e. The van der Waals surface area contributed by atoms with Crippen LogP contribution in [0.4, 0.5) is 5.00 Å². The number of hydrogen-bond donors (Lipinski definition) is 1. The highest BCUT2D eigenvalue weighted by Gasteiger charge is 2.30. The van der Waals surface area contributed by atoms with Crippen LogP contribution in [0.1, 0.15) is 10.4 Å². The van der Waals surface area contributed by atoms with Crippen LogP contribution in [0.3, 0.4) is 0 Å². The van der Waals surface area contributed by atoms with Gasteiger partial charge in [0.25, 0.3) is 5.91 Å². The van der Waals surface area contributed by atoms with Crippen LogP contribution in [0.15, 0.2) is 11.4 Å². The van der Waals surface area contributed by atoms with Gasteiger partial charge in [-0.1, -0.05) is 11.3 Å². The Morgan fingerprint density at radius 2 is 2.32 bits per heavy atom. The summed E-state index contributed by atoms with van der Waals surface area (Å²) in [6.45, 7) is 0.346. The lowest BCUT2D eigenvalue weighted by Gasteiger charge is -2.30. The van der Waals surface area contributed by atoms with Crippen LogP contribution in [0, 0.1) is 10.1 Å². The lowest BCUT2D eigenvalue weighted by Crippen LogP contribution is -2.48. The molecule has 2 rings (SSSR count). The zero-order chi connectivity index (χ0) is 14.0. The maximum absolute atomic E-state index is 12.1. The molecule has 1 fully saturated rings. The van der Waals surface area contributed by atoms with Crippen molar-refractivity contribution in [1.29, 1.82) is 0 Å². The fourth-order valence-corrected chi connectivity index (χ4v) is 2.40. The summed E-state index contributed by atoms with van der Waals surface area (Å²) in [5.74, 6) is -1.55. The van der Waals surface area contributed by atoms with E-state index < -0.39 is 22.9 Å². The smallest absolute Gasteiger partial charge is 0.334 e. The van der Waals surface area contributed by atoms with E-state index in [-0.39, 0.29) is 30.3 Å². The molecule has 1 aromatic rings. The summed E-state index contributed by atoms with van der Waals surface area (Å²) < 4.78 is 5.00. The normalized spacial score (nSPS) is 19.2. The quantitative estimate of drug-likeness (QED) is 0.643. The van der Waals surface area contributed by atoms with Crippen LogP contribution in [0.25, 0.3) is 0 Å². The predicted molar refractivity (Wildman–Crippen MR) is 64.3 cm³/mol. The fraction of sp³-hybridized carbons (Fsp3) is 0.400. The van der Waals surface area contributed by atoms with Gasteiger partial charge in [0, 0.05) is 18.0 Å². The van der Waals surface area contributed by atoms with Gasteiger partial charge in [-0.25, -0.2) is 4.79 Å². The van der Waals surface area contributed by atoms with Gasteiger partial charge in [0.1, 0.15) is 0 Å². The van der Waals surface area contributed by atoms with Gasteiger partial charge in [-0.2, -0.15) is 0 Å². The number of ether oxygens (including phenoxy) is 1. The van der Waals surface area contributed by atoms with Gasteiger partial charge in [-0.05, 0) is 0 Å². The van der Waals surface area contributed by atoms with Gasteiger partial charge in [0.2, 0.25) is 0 Å². The standard InChI is InChI=1S/C10H10N2O6S/c13-9(6-3-8(12(16)17)19-5-6)11-1-2-18-7(4-11)10(14)15/h3,5,7H,1-2,4H2,(H,14,15). The monoisotopic (exact) mass is 286 g/mol. The third-order valence-corrected chi connectivity index (χ3v) is 3.52. The Morgan fingerprint density at radius 1 is 1.58 bits per heavy atom. The highest BCUT2D eigenvalue weighted by atomic mass is 32.1. The van der Waals surface area contributed by atoms with Gasteiger partial charge >= 0.3 is 11.0 Å². The van der Waals surface area contributed by atoms with Crippen molar-refractivity contribution in [2.75, 3.05) is 19.7 Å². The first-order valence-electron chi connectivity index (χ1n) is 5.35. The zero-order valence-corrected chi connectivity index (χ0v) is 10.5. The van der Waals surface area contributed by atoms with Gasteiger partial charge in [0.05, 0.1) is 23.6 Å². The lowest BCUT2D eigenvalue weighted by atomic mass is 10.2. The van der Waals surface area contributed by atoms with Crippen molar-refractivity contribution < 1.29 is 24.4 Å². The Hall–Kier alpha value is -2.00. The maximum atomic E-state index is 12.1. The van der Waals surface area contributed by atoms with E-state index in [2.05, 4.69) is 0 Å². The molecule has 1 saturated heterocycles. The van der Waals surface area contributed by atoms with Crippen LogP contribution in [0.5, 0.6) is 0 Å². The molecule has 1 atom stereocenters. The van der Waals surface area contributed by atoms with Crippen molar-refractivity contribution in [3.05, 3.63) is 27.1 Å². The molecule has 1 aliphatic rings. The number of carboxylic acids is 1. The molecule has 0 spiro atoms. The second-order valence-electron chi connectivity index (χ2n) is 3.88. The molecular formula is C10H10N2O6S. The van der Waals surface area contributed by atoms with E-state index in [4.69, 9.17) is 9.84 Å². The summed E-state index contributed by atoms with van der Waals surface area (Å²) in [6.07, 6.45) is -1.05. The molecule has 8 nitrogen and oxygen atoms in total. The molecule has 9 heteroatoms. The topological polar surface area (TPSA) is 110 Å². The molecule has 0 saturated carbocycles. The molecule has 2 heterocycles. The van der Waals surface area contributed by atoms with E-state index >= 15 is 0 Å². The molecule has 1 aliphatic heterocycles. The number of hydrogen-bond acceptors (Lipinski definition) is 6. The third-order valence-electron chi connectivity index (χ3n) is 2.64. The minimum Gasteiger partial charge on any atom is -0.479 e. The van der Waals surface area contributed by atoms with Crippen molar-refractivity contribution in [3.8, 4) is 0 Å². The first-order valence-corrected chi connectivity index (χ1v) is 6.23. The minimum atomic E-state index is -1.13. The SMILES string of the molecule is O=C(O)C1CN(C(=O)c2csc([N+](=O)[O-])c2)CCO1. The highest BCUT2D eigenvalue weighted by molar-refractivity contribution is 7.13. The molecule has 1 N–H and O–H groups in total. The van der Waals surface area contributed by atoms with E-state index in [0.717, 1.165) is 11.3 Å². The van der Waals surface area contributed by atoms with Gasteiger partial charge < -0.3 is 14.7 Å². The molecule has 1 aromatic heterocycles. The number of carbonyl (C=O) groups excluding carboxylic acids is 1. The number of carboxylic acid groups (broad SMARTS) is 1. The Balaban J connectivity index is 2.10. The van der Waals surface area contributed by atoms with E-state index in [1.165, 1.54) is 16.3 Å². The van der Waals surface area contributed by atoms with Crippen LogP contribution < -0.4 is 0 Å². The molecule has 0 aliphatic carbocycles. The van der Waals surface area contributed by atoms with Crippen molar-refractivity contribution in [1.82, 2.24) is 4.90 Å². The summed E-state index contributed by atoms with van der Waals surface area (Å²) >= 11 is 0.863. The Labute approximate surface area is 111 Å². The predicted octanol–water partition coefficient (Wildman–Crippen LogP) is 0.582. The second-order valence-corrected chi connectivity index (χ2v) is 4.77. The third kappa shape index (κ3) is 2.88. The van der Waals surface area contributed by atoms with E-state index in [9.17, 15) is 19.7 Å². The number of thiophene rings is 1. The number of morpholine rings is 1. The Kier molecular flexibility index (Phi) is 3.76. The van der Waals surface area contributed by atoms with Gasteiger partial charge in [0.15, 0.2) is 6.10 Å². The zero-order valence-electron chi connectivity index (χ0n) is 9.64. The van der Waals surface area contributed by atoms with E-state index in [1.54, 1.807) is 0 Å². The van der Waals surface area contributed by atoms with Gasteiger partial charge in [-0.3, -0.25) is 14.9 Å². The van der Waals surface area contributed by atoms with Crippen LogP contribution in [-0.4, -0.2) is 52.6 Å². The summed E-state index contributed by atoms with van der Waals surface area (Å²) in [5.41, 5.74) is 0.197. The molecular weight excluding hydrogens is 276 g/mol. The number of carbonyl (C=O) groups is 2. The average Bonchev–Trinajstić information content (AvgIpc) is 2.87.